The molecule has 1 N–H and O–H groups in total. The monoisotopic (exact) mass is 244 g/mol. The summed E-state index contributed by atoms with van der Waals surface area (Å²) in [4.78, 5) is 13.9. The Kier molecular flexibility index (Phi) is 3.52. The van der Waals surface area contributed by atoms with E-state index in [9.17, 15) is 9.90 Å². The average molecular weight is 244 g/mol. The number of benzene rings is 1. The first kappa shape index (κ1) is 12.4. The highest BCUT2D eigenvalue weighted by Gasteiger charge is 2.24. The fourth-order valence-corrected chi connectivity index (χ4v) is 2.20. The third-order valence-electron chi connectivity index (χ3n) is 3.35. The van der Waals surface area contributed by atoms with Gasteiger partial charge in [0.2, 0.25) is 0 Å². The molecule has 0 spiro atoms. The van der Waals surface area contributed by atoms with Crippen LogP contribution in [0.5, 0.6) is 5.75 Å². The van der Waals surface area contributed by atoms with Gasteiger partial charge in [0, 0.05) is 19.0 Å². The summed E-state index contributed by atoms with van der Waals surface area (Å²) in [7, 11) is 0. The van der Waals surface area contributed by atoms with Crippen LogP contribution in [-0.2, 0) is 0 Å². The van der Waals surface area contributed by atoms with E-state index in [0.29, 0.717) is 18.7 Å². The third-order valence-corrected chi connectivity index (χ3v) is 3.35. The van der Waals surface area contributed by atoms with Gasteiger partial charge in [-0.05, 0) is 37.5 Å². The Morgan fingerprint density at radius 1 is 1.44 bits per heavy atom. The van der Waals surface area contributed by atoms with Crippen LogP contribution in [0, 0.1) is 24.2 Å². The van der Waals surface area contributed by atoms with Crippen molar-refractivity contribution in [2.24, 2.45) is 5.92 Å². The van der Waals surface area contributed by atoms with Gasteiger partial charge in [0.25, 0.3) is 5.91 Å². The van der Waals surface area contributed by atoms with Crippen LogP contribution in [0.2, 0.25) is 0 Å². The largest absolute Gasteiger partial charge is 0.507 e. The van der Waals surface area contributed by atoms with Crippen LogP contribution in [0.1, 0.15) is 28.8 Å². The molecule has 0 aliphatic carbocycles. The molecule has 1 aliphatic heterocycles. The van der Waals surface area contributed by atoms with Gasteiger partial charge in [-0.1, -0.05) is 6.07 Å². The lowest BCUT2D eigenvalue weighted by atomic mass is 9.98. The number of carbonyl (C=O) groups excluding carboxylic acids is 1. The smallest absolute Gasteiger partial charge is 0.257 e. The van der Waals surface area contributed by atoms with Gasteiger partial charge in [-0.15, -0.1) is 0 Å². The second-order valence-electron chi connectivity index (χ2n) is 4.72. The lowest BCUT2D eigenvalue weighted by Gasteiger charge is -2.29. The Hall–Kier alpha value is -2.02. The number of nitriles is 1. The SMILES string of the molecule is Cc1ccc(C(=O)N2CCC(C#N)CC2)c(O)c1. The number of amides is 1. The number of aryl methyl sites for hydroxylation is 1. The van der Waals surface area contributed by atoms with Crippen molar-refractivity contribution in [3.8, 4) is 11.8 Å². The van der Waals surface area contributed by atoms with E-state index < -0.39 is 0 Å². The first-order valence-corrected chi connectivity index (χ1v) is 6.10. The molecule has 1 saturated heterocycles. The number of piperidine rings is 1. The molecule has 1 aliphatic rings. The van der Waals surface area contributed by atoms with Gasteiger partial charge >= 0.3 is 0 Å². The van der Waals surface area contributed by atoms with E-state index >= 15 is 0 Å². The highest BCUT2D eigenvalue weighted by molar-refractivity contribution is 5.97. The van der Waals surface area contributed by atoms with E-state index in [2.05, 4.69) is 6.07 Å². The van der Waals surface area contributed by atoms with Crippen LogP contribution in [0.3, 0.4) is 0 Å². The minimum Gasteiger partial charge on any atom is -0.507 e. The molecule has 0 saturated carbocycles. The number of carbonyl (C=O) groups is 1. The molecule has 2 rings (SSSR count). The maximum Gasteiger partial charge on any atom is 0.257 e. The van der Waals surface area contributed by atoms with Crippen molar-refractivity contribution in [1.29, 1.82) is 5.26 Å². The fourth-order valence-electron chi connectivity index (χ4n) is 2.20. The van der Waals surface area contributed by atoms with E-state index in [1.54, 1.807) is 17.0 Å². The normalized spacial score (nSPS) is 16.3. The molecule has 1 aromatic carbocycles. The average Bonchev–Trinajstić information content (AvgIpc) is 2.38. The lowest BCUT2D eigenvalue weighted by molar-refractivity contribution is 0.0704. The number of hydrogen-bond acceptors (Lipinski definition) is 3. The minimum atomic E-state index is -0.149. The predicted octanol–water partition coefficient (Wildman–Crippen LogP) is 2.08. The molecular weight excluding hydrogens is 228 g/mol. The van der Waals surface area contributed by atoms with Crippen LogP contribution >= 0.6 is 0 Å². The van der Waals surface area contributed by atoms with E-state index in [0.717, 1.165) is 18.4 Å². The molecule has 0 unspecified atom stereocenters. The minimum absolute atomic E-state index is 0.0300. The van der Waals surface area contributed by atoms with Crippen LogP contribution in [0.4, 0.5) is 0 Å². The third kappa shape index (κ3) is 2.45. The number of phenolic OH excluding ortho intramolecular Hbond substituents is 1. The molecule has 0 aromatic heterocycles. The predicted molar refractivity (Wildman–Crippen MR) is 67.1 cm³/mol. The zero-order valence-electron chi connectivity index (χ0n) is 10.4. The van der Waals surface area contributed by atoms with Gasteiger partial charge < -0.3 is 10.0 Å². The summed E-state index contributed by atoms with van der Waals surface area (Å²) >= 11 is 0. The van der Waals surface area contributed by atoms with Crippen molar-refractivity contribution in [3.63, 3.8) is 0 Å². The molecule has 1 heterocycles. The quantitative estimate of drug-likeness (QED) is 0.822. The van der Waals surface area contributed by atoms with Crippen molar-refractivity contribution >= 4 is 5.91 Å². The zero-order valence-corrected chi connectivity index (χ0v) is 10.4. The van der Waals surface area contributed by atoms with Crippen LogP contribution in [0.15, 0.2) is 18.2 Å². The van der Waals surface area contributed by atoms with Crippen molar-refractivity contribution in [2.75, 3.05) is 13.1 Å². The molecule has 4 heteroatoms. The molecular formula is C14H16N2O2. The number of aromatic hydroxyl groups is 1. The number of nitrogens with zero attached hydrogens (tertiary/aromatic N) is 2. The molecule has 18 heavy (non-hydrogen) atoms. The van der Waals surface area contributed by atoms with Crippen LogP contribution in [0.25, 0.3) is 0 Å². The summed E-state index contributed by atoms with van der Waals surface area (Å²) in [6.45, 7) is 3.04. The second kappa shape index (κ2) is 5.09. The summed E-state index contributed by atoms with van der Waals surface area (Å²) in [5.41, 5.74) is 1.27. The number of likely N-dealkylation sites (tertiary alicyclic amines) is 1. The molecule has 1 fully saturated rings. The number of hydrogen-bond donors (Lipinski definition) is 1. The van der Waals surface area contributed by atoms with Gasteiger partial charge in [-0.3, -0.25) is 4.79 Å². The highest BCUT2D eigenvalue weighted by Crippen LogP contribution is 2.23. The van der Waals surface area contributed by atoms with E-state index in [1.807, 2.05) is 13.0 Å². The molecule has 1 amide bonds. The summed E-state index contributed by atoms with van der Waals surface area (Å²) in [5, 5.41) is 18.6. The Morgan fingerprint density at radius 3 is 2.67 bits per heavy atom. The molecule has 0 atom stereocenters. The Bertz CT molecular complexity index is 497. The summed E-state index contributed by atoms with van der Waals surface area (Å²) in [5.74, 6) is -0.0630. The van der Waals surface area contributed by atoms with Gasteiger partial charge in [0.1, 0.15) is 5.75 Å². The first-order chi connectivity index (χ1) is 8.61. The fraction of sp³-hybridized carbons (Fsp3) is 0.429. The Balaban J connectivity index is 2.11. The number of rotatable bonds is 1. The van der Waals surface area contributed by atoms with Gasteiger partial charge in [-0.2, -0.15) is 5.26 Å². The van der Waals surface area contributed by atoms with Crippen molar-refractivity contribution < 1.29 is 9.90 Å². The van der Waals surface area contributed by atoms with E-state index in [4.69, 9.17) is 5.26 Å². The van der Waals surface area contributed by atoms with E-state index in [-0.39, 0.29) is 17.6 Å². The van der Waals surface area contributed by atoms with Gasteiger partial charge in [-0.25, -0.2) is 0 Å². The summed E-state index contributed by atoms with van der Waals surface area (Å²) in [6.07, 6.45) is 1.43. The molecule has 94 valence electrons. The highest BCUT2D eigenvalue weighted by atomic mass is 16.3. The second-order valence-corrected chi connectivity index (χ2v) is 4.72. The van der Waals surface area contributed by atoms with E-state index in [1.165, 1.54) is 0 Å². The van der Waals surface area contributed by atoms with Crippen LogP contribution < -0.4 is 0 Å². The Morgan fingerprint density at radius 2 is 2.11 bits per heavy atom. The van der Waals surface area contributed by atoms with Crippen molar-refractivity contribution in [1.82, 2.24) is 4.90 Å². The topological polar surface area (TPSA) is 64.3 Å². The van der Waals surface area contributed by atoms with Crippen molar-refractivity contribution in [3.05, 3.63) is 29.3 Å². The standard InChI is InChI=1S/C14H16N2O2/c1-10-2-3-12(13(17)8-10)14(18)16-6-4-11(9-15)5-7-16/h2-3,8,11,17H,4-7H2,1H3. The van der Waals surface area contributed by atoms with Crippen LogP contribution in [-0.4, -0.2) is 29.0 Å². The van der Waals surface area contributed by atoms with Gasteiger partial charge in [0.15, 0.2) is 0 Å². The molecule has 1 aromatic rings. The summed E-state index contributed by atoms with van der Waals surface area (Å²) in [6, 6.07) is 7.30. The maximum absolute atomic E-state index is 12.2. The lowest BCUT2D eigenvalue weighted by Crippen LogP contribution is -2.38. The van der Waals surface area contributed by atoms with Gasteiger partial charge in [0.05, 0.1) is 11.6 Å². The van der Waals surface area contributed by atoms with Crippen molar-refractivity contribution in [2.45, 2.75) is 19.8 Å². The molecule has 4 nitrogen and oxygen atoms in total. The first-order valence-electron chi connectivity index (χ1n) is 6.10. The Labute approximate surface area is 106 Å². The zero-order chi connectivity index (χ0) is 13.1. The number of phenols is 1. The summed E-state index contributed by atoms with van der Waals surface area (Å²) < 4.78 is 0. The molecule has 0 radical (unpaired) electrons. The maximum atomic E-state index is 12.2. The molecule has 0 bridgehead atoms.